The number of amides is 1. The number of carbonyl (C=O) groups is 1. The van der Waals surface area contributed by atoms with Crippen LogP contribution in [0, 0.1) is 0 Å². The van der Waals surface area contributed by atoms with Crippen LogP contribution in [-0.2, 0) is 10.0 Å². The molecule has 1 aliphatic rings. The standard InChI is InChI=1S/C6H4N2O3S/c9-5-4-2-1-3-7-6(4)12(10,11)8-5/h1-3H,(H,8,9). The van der Waals surface area contributed by atoms with E-state index in [-0.39, 0.29) is 10.6 Å². The Bertz CT molecular complexity index is 452. The minimum atomic E-state index is -3.67. The van der Waals surface area contributed by atoms with Crippen LogP contribution in [0.4, 0.5) is 0 Å². The van der Waals surface area contributed by atoms with Crippen LogP contribution in [0.2, 0.25) is 0 Å². The van der Waals surface area contributed by atoms with E-state index < -0.39 is 15.9 Å². The molecule has 0 unspecified atom stereocenters. The van der Waals surface area contributed by atoms with Crippen molar-refractivity contribution in [3.8, 4) is 0 Å². The number of sulfonamides is 1. The Morgan fingerprint density at radius 1 is 1.42 bits per heavy atom. The summed E-state index contributed by atoms with van der Waals surface area (Å²) >= 11 is 0. The van der Waals surface area contributed by atoms with E-state index in [2.05, 4.69) is 4.98 Å². The fourth-order valence-electron chi connectivity index (χ4n) is 1.00. The summed E-state index contributed by atoms with van der Waals surface area (Å²) in [5.74, 6) is -0.613. The first kappa shape index (κ1) is 7.23. The van der Waals surface area contributed by atoms with E-state index >= 15 is 0 Å². The number of nitrogens with zero attached hydrogens (tertiary/aromatic N) is 1. The molecule has 0 radical (unpaired) electrons. The highest BCUT2D eigenvalue weighted by Gasteiger charge is 2.33. The summed E-state index contributed by atoms with van der Waals surface area (Å²) in [6.07, 6.45) is 1.33. The van der Waals surface area contributed by atoms with Crippen LogP contribution in [-0.4, -0.2) is 19.3 Å². The molecule has 1 amide bonds. The van der Waals surface area contributed by atoms with Crippen LogP contribution in [0.1, 0.15) is 10.4 Å². The topological polar surface area (TPSA) is 76.1 Å². The molecule has 0 aromatic carbocycles. The van der Waals surface area contributed by atoms with Crippen LogP contribution >= 0.6 is 0 Å². The molecule has 2 rings (SSSR count). The van der Waals surface area contributed by atoms with E-state index in [9.17, 15) is 13.2 Å². The minimum absolute atomic E-state index is 0.109. The molecule has 0 saturated carbocycles. The molecule has 12 heavy (non-hydrogen) atoms. The summed E-state index contributed by atoms with van der Waals surface area (Å²) in [6, 6.07) is 2.93. The third-order valence-electron chi connectivity index (χ3n) is 1.50. The van der Waals surface area contributed by atoms with Crippen LogP contribution in [0.25, 0.3) is 0 Å². The summed E-state index contributed by atoms with van der Waals surface area (Å²) < 4.78 is 24.0. The zero-order chi connectivity index (χ0) is 8.77. The molecular formula is C6H4N2O3S. The maximum atomic E-state index is 11.1. The van der Waals surface area contributed by atoms with E-state index in [1.54, 1.807) is 0 Å². The molecule has 5 nitrogen and oxygen atoms in total. The van der Waals surface area contributed by atoms with Crippen LogP contribution in [0.5, 0.6) is 0 Å². The van der Waals surface area contributed by atoms with Gasteiger partial charge < -0.3 is 0 Å². The van der Waals surface area contributed by atoms with Gasteiger partial charge >= 0.3 is 0 Å². The van der Waals surface area contributed by atoms with Crippen molar-refractivity contribution in [2.45, 2.75) is 5.03 Å². The summed E-state index contributed by atoms with van der Waals surface area (Å²) in [4.78, 5) is 14.5. The quantitative estimate of drug-likeness (QED) is 0.590. The minimum Gasteiger partial charge on any atom is -0.268 e. The SMILES string of the molecule is O=C1NS(=O)(=O)c2ncccc21. The van der Waals surface area contributed by atoms with Gasteiger partial charge in [0.15, 0.2) is 5.03 Å². The van der Waals surface area contributed by atoms with Crippen molar-refractivity contribution in [3.63, 3.8) is 0 Å². The molecule has 0 saturated heterocycles. The van der Waals surface area contributed by atoms with E-state index in [0.717, 1.165) is 0 Å². The monoisotopic (exact) mass is 184 g/mol. The third kappa shape index (κ3) is 0.814. The van der Waals surface area contributed by atoms with Crippen LogP contribution in [0.3, 0.4) is 0 Å². The lowest BCUT2D eigenvalue weighted by atomic mass is 10.3. The molecule has 0 spiro atoms. The number of aromatic nitrogens is 1. The van der Waals surface area contributed by atoms with Crippen molar-refractivity contribution in [3.05, 3.63) is 23.9 Å². The Morgan fingerprint density at radius 3 is 2.83 bits per heavy atom. The Labute approximate surface area is 68.5 Å². The highest BCUT2D eigenvalue weighted by atomic mass is 32.2. The zero-order valence-electron chi connectivity index (χ0n) is 5.81. The first-order valence-electron chi connectivity index (χ1n) is 3.13. The lowest BCUT2D eigenvalue weighted by Gasteiger charge is -1.90. The Morgan fingerprint density at radius 2 is 2.17 bits per heavy atom. The smallest absolute Gasteiger partial charge is 0.268 e. The van der Waals surface area contributed by atoms with Gasteiger partial charge in [-0.3, -0.25) is 4.79 Å². The van der Waals surface area contributed by atoms with Crippen molar-refractivity contribution in [1.29, 1.82) is 0 Å². The first-order chi connectivity index (χ1) is 5.61. The molecule has 62 valence electrons. The lowest BCUT2D eigenvalue weighted by Crippen LogP contribution is -2.20. The predicted octanol–water partition coefficient (Wildman–Crippen LogP) is -0.486. The molecule has 0 bridgehead atoms. The molecule has 0 aliphatic carbocycles. The maximum Gasteiger partial charge on any atom is 0.282 e. The predicted molar refractivity (Wildman–Crippen MR) is 38.9 cm³/mol. The molecule has 0 atom stereocenters. The molecule has 2 heterocycles. The second-order valence-electron chi connectivity index (χ2n) is 2.29. The van der Waals surface area contributed by atoms with Crippen molar-refractivity contribution >= 4 is 15.9 Å². The van der Waals surface area contributed by atoms with Gasteiger partial charge in [0.2, 0.25) is 0 Å². The van der Waals surface area contributed by atoms with Gasteiger partial charge in [0, 0.05) is 6.20 Å². The van der Waals surface area contributed by atoms with E-state index in [0.29, 0.717) is 0 Å². The zero-order valence-corrected chi connectivity index (χ0v) is 6.63. The average molecular weight is 184 g/mol. The maximum absolute atomic E-state index is 11.1. The molecule has 1 N–H and O–H groups in total. The Balaban J connectivity index is 2.83. The average Bonchev–Trinajstić information content (AvgIpc) is 2.25. The fourth-order valence-corrected chi connectivity index (χ4v) is 2.10. The van der Waals surface area contributed by atoms with Gasteiger partial charge in [-0.1, -0.05) is 0 Å². The second-order valence-corrected chi connectivity index (χ2v) is 3.89. The molecular weight excluding hydrogens is 180 g/mol. The number of rotatable bonds is 0. The normalized spacial score (nSPS) is 18.5. The summed E-state index contributed by atoms with van der Waals surface area (Å²) in [5, 5.41) is -0.185. The summed E-state index contributed by atoms with van der Waals surface area (Å²) in [7, 11) is -3.67. The molecule has 6 heteroatoms. The number of hydrogen-bond acceptors (Lipinski definition) is 4. The Hall–Kier alpha value is -1.43. The third-order valence-corrected chi connectivity index (χ3v) is 2.79. The van der Waals surface area contributed by atoms with Gasteiger partial charge in [0.05, 0.1) is 5.56 Å². The van der Waals surface area contributed by atoms with Crippen molar-refractivity contribution < 1.29 is 13.2 Å². The number of carbonyl (C=O) groups excluding carboxylic acids is 1. The molecule has 1 aliphatic heterocycles. The highest BCUT2D eigenvalue weighted by Crippen LogP contribution is 2.18. The van der Waals surface area contributed by atoms with Crippen molar-refractivity contribution in [2.75, 3.05) is 0 Å². The number of pyridine rings is 1. The highest BCUT2D eigenvalue weighted by molar-refractivity contribution is 7.90. The lowest BCUT2D eigenvalue weighted by molar-refractivity contribution is 0.0985. The largest absolute Gasteiger partial charge is 0.282 e. The van der Waals surface area contributed by atoms with E-state index in [1.165, 1.54) is 18.3 Å². The summed E-state index contributed by atoms with van der Waals surface area (Å²) in [6.45, 7) is 0. The van der Waals surface area contributed by atoms with Gasteiger partial charge in [-0.15, -0.1) is 0 Å². The number of fused-ring (bicyclic) bond motifs is 1. The summed E-state index contributed by atoms with van der Waals surface area (Å²) in [5.41, 5.74) is 0.109. The second kappa shape index (κ2) is 2.04. The van der Waals surface area contributed by atoms with E-state index in [1.807, 2.05) is 4.72 Å². The van der Waals surface area contributed by atoms with Gasteiger partial charge in [-0.2, -0.15) is 8.42 Å². The van der Waals surface area contributed by atoms with Crippen molar-refractivity contribution in [1.82, 2.24) is 9.71 Å². The van der Waals surface area contributed by atoms with Gasteiger partial charge in [-0.25, -0.2) is 9.71 Å². The van der Waals surface area contributed by atoms with Gasteiger partial charge in [0.25, 0.3) is 15.9 Å². The number of hydrogen-bond donors (Lipinski definition) is 1. The number of nitrogens with one attached hydrogen (secondary N) is 1. The molecule has 1 aromatic heterocycles. The van der Waals surface area contributed by atoms with Crippen LogP contribution in [0.15, 0.2) is 23.4 Å². The first-order valence-corrected chi connectivity index (χ1v) is 4.62. The van der Waals surface area contributed by atoms with Gasteiger partial charge in [0.1, 0.15) is 0 Å². The molecule has 1 aromatic rings. The fraction of sp³-hybridized carbons (Fsp3) is 0. The van der Waals surface area contributed by atoms with Crippen molar-refractivity contribution in [2.24, 2.45) is 0 Å². The van der Waals surface area contributed by atoms with E-state index in [4.69, 9.17) is 0 Å². The van der Waals surface area contributed by atoms with Gasteiger partial charge in [-0.05, 0) is 12.1 Å². The molecule has 0 fully saturated rings. The van der Waals surface area contributed by atoms with Crippen LogP contribution < -0.4 is 4.72 Å². The Kier molecular flexibility index (Phi) is 1.23.